The van der Waals surface area contributed by atoms with Crippen molar-refractivity contribution in [1.29, 1.82) is 0 Å². The maximum atomic E-state index is 11.8. The molecule has 0 saturated heterocycles. The predicted molar refractivity (Wildman–Crippen MR) is 53.1 cm³/mol. The van der Waals surface area contributed by atoms with Gasteiger partial charge in [-0.25, -0.2) is 9.55 Å². The van der Waals surface area contributed by atoms with Gasteiger partial charge in [-0.2, -0.15) is 0 Å². The van der Waals surface area contributed by atoms with Crippen LogP contribution in [0.3, 0.4) is 0 Å². The maximum Gasteiger partial charge on any atom is 0.326 e. The number of rotatable bonds is 0. The smallest absolute Gasteiger partial charge is 0.287 e. The Hall–Kier alpha value is -2.02. The molecule has 1 aliphatic rings. The van der Waals surface area contributed by atoms with Gasteiger partial charge in [0.15, 0.2) is 0 Å². The number of nitrogens with zero attached hydrogens (tertiary/aromatic N) is 2. The molecule has 0 atom stereocenters. The van der Waals surface area contributed by atoms with E-state index in [0.717, 1.165) is 4.57 Å². The summed E-state index contributed by atoms with van der Waals surface area (Å²) in [6.45, 7) is 0. The van der Waals surface area contributed by atoms with Crippen LogP contribution in [0.4, 0.5) is 5.95 Å². The molecule has 0 unspecified atom stereocenters. The highest BCUT2D eigenvalue weighted by Crippen LogP contribution is 2.18. The lowest BCUT2D eigenvalue weighted by molar-refractivity contribution is -0.112. The van der Waals surface area contributed by atoms with Crippen molar-refractivity contribution < 1.29 is 9.59 Å². The summed E-state index contributed by atoms with van der Waals surface area (Å²) in [6, 6.07) is 1.66. The van der Waals surface area contributed by atoms with Crippen molar-refractivity contribution in [1.82, 2.24) is 9.55 Å². The quantitative estimate of drug-likeness (QED) is 0.637. The molecule has 0 radical (unpaired) electrons. The Kier molecular flexibility index (Phi) is 1.39. The number of nitrogens with one attached hydrogen (secondary N) is 1. The Balaban J connectivity index is 2.51. The highest BCUT2D eigenvalue weighted by molar-refractivity contribution is 7.17. The van der Waals surface area contributed by atoms with Gasteiger partial charge in [0, 0.05) is 0 Å². The first kappa shape index (κ1) is 8.30. The molecular weight excluding hydrogens is 218 g/mol. The molecule has 3 heterocycles. The second kappa shape index (κ2) is 2.51. The van der Waals surface area contributed by atoms with E-state index in [4.69, 9.17) is 0 Å². The second-order valence-corrected chi connectivity index (χ2v) is 3.89. The van der Waals surface area contributed by atoms with E-state index in [2.05, 4.69) is 10.3 Å². The number of carbonyl (C=O) groups is 2. The van der Waals surface area contributed by atoms with E-state index in [-0.39, 0.29) is 5.95 Å². The van der Waals surface area contributed by atoms with E-state index in [0.29, 0.717) is 10.2 Å². The maximum absolute atomic E-state index is 11.8. The predicted octanol–water partition coefficient (Wildman–Crippen LogP) is 0.0503. The lowest BCUT2D eigenvalue weighted by atomic mass is 10.4. The molecule has 2 aromatic heterocycles. The lowest BCUT2D eigenvalue weighted by Crippen LogP contribution is -2.26. The Bertz CT molecular complexity index is 669. The Morgan fingerprint density at radius 1 is 1.33 bits per heavy atom. The third-order valence-electron chi connectivity index (χ3n) is 2.10. The molecule has 0 aromatic carbocycles. The topological polar surface area (TPSA) is 81.1 Å². The fraction of sp³-hybridized carbons (Fsp3) is 0. The summed E-state index contributed by atoms with van der Waals surface area (Å²) < 4.78 is 1.14. The monoisotopic (exact) mass is 221 g/mol. The number of carbonyl (C=O) groups excluding carboxylic acids is 2. The van der Waals surface area contributed by atoms with Crippen LogP contribution in [0.5, 0.6) is 0 Å². The highest BCUT2D eigenvalue weighted by atomic mass is 32.1. The molecular formula is C8H3N3O3S. The molecule has 1 aliphatic heterocycles. The molecule has 15 heavy (non-hydrogen) atoms. The number of aromatic nitrogens is 2. The van der Waals surface area contributed by atoms with Crippen molar-refractivity contribution in [3.8, 4) is 0 Å². The largest absolute Gasteiger partial charge is 0.326 e. The number of hydrogen-bond acceptors (Lipinski definition) is 5. The molecule has 1 amide bonds. The number of amides is 1. The van der Waals surface area contributed by atoms with Gasteiger partial charge in [0.25, 0.3) is 5.56 Å². The van der Waals surface area contributed by atoms with Crippen molar-refractivity contribution in [2.45, 2.75) is 0 Å². The van der Waals surface area contributed by atoms with Gasteiger partial charge >= 0.3 is 11.8 Å². The third-order valence-corrected chi connectivity index (χ3v) is 2.99. The zero-order valence-corrected chi connectivity index (χ0v) is 8.00. The summed E-state index contributed by atoms with van der Waals surface area (Å²) in [6.07, 6.45) is 0. The zero-order valence-electron chi connectivity index (χ0n) is 7.18. The van der Waals surface area contributed by atoms with E-state index in [1.54, 1.807) is 11.4 Å². The summed E-state index contributed by atoms with van der Waals surface area (Å²) in [7, 11) is 0. The van der Waals surface area contributed by atoms with Crippen molar-refractivity contribution in [2.75, 3.05) is 5.32 Å². The molecule has 2 aromatic rings. The average Bonchev–Trinajstić information content (AvgIpc) is 2.74. The van der Waals surface area contributed by atoms with Crippen molar-refractivity contribution >= 4 is 39.3 Å². The van der Waals surface area contributed by atoms with Crippen molar-refractivity contribution in [2.24, 2.45) is 0 Å². The Morgan fingerprint density at radius 2 is 2.13 bits per heavy atom. The van der Waals surface area contributed by atoms with Gasteiger partial charge in [0.05, 0.1) is 5.52 Å². The molecule has 74 valence electrons. The zero-order chi connectivity index (χ0) is 10.6. The first-order chi connectivity index (χ1) is 7.18. The fourth-order valence-corrected chi connectivity index (χ4v) is 2.20. The first-order valence-corrected chi connectivity index (χ1v) is 4.92. The minimum absolute atomic E-state index is 0.000833. The minimum Gasteiger partial charge on any atom is -0.287 e. The molecule has 7 heteroatoms. The molecule has 1 N–H and O–H groups in total. The molecule has 0 saturated carbocycles. The van der Waals surface area contributed by atoms with Crippen LogP contribution in [0, 0.1) is 0 Å². The van der Waals surface area contributed by atoms with Gasteiger partial charge in [-0.1, -0.05) is 0 Å². The third kappa shape index (κ3) is 0.922. The standard InChI is InChI=1S/C8H3N3O3S/c12-5-7(14)11-6(13)4-3(1-2-15-4)9-8(11)10-5/h1-2H,(H,9,10,12). The van der Waals surface area contributed by atoms with Gasteiger partial charge < -0.3 is 0 Å². The van der Waals surface area contributed by atoms with E-state index in [1.165, 1.54) is 11.3 Å². The number of anilines is 1. The number of fused-ring (bicyclic) bond motifs is 2. The van der Waals surface area contributed by atoms with Crippen molar-refractivity contribution in [3.63, 3.8) is 0 Å². The SMILES string of the molecule is O=C1Nc2nc3ccsc3c(=O)n2C1=O. The van der Waals surface area contributed by atoms with Crippen LogP contribution >= 0.6 is 11.3 Å². The highest BCUT2D eigenvalue weighted by Gasteiger charge is 2.31. The van der Waals surface area contributed by atoms with Gasteiger partial charge in [0.2, 0.25) is 5.95 Å². The second-order valence-electron chi connectivity index (χ2n) is 2.97. The molecule has 0 aliphatic carbocycles. The fourth-order valence-electron chi connectivity index (χ4n) is 1.44. The Morgan fingerprint density at radius 3 is 2.93 bits per heavy atom. The van der Waals surface area contributed by atoms with Gasteiger partial charge in [-0.15, -0.1) is 11.3 Å². The van der Waals surface area contributed by atoms with Crippen LogP contribution in [0.25, 0.3) is 10.2 Å². The number of hydrogen-bond donors (Lipinski definition) is 1. The molecule has 0 spiro atoms. The van der Waals surface area contributed by atoms with Crippen LogP contribution in [-0.4, -0.2) is 21.4 Å². The summed E-state index contributed by atoms with van der Waals surface area (Å²) >= 11 is 1.20. The van der Waals surface area contributed by atoms with Gasteiger partial charge in [0.1, 0.15) is 4.70 Å². The first-order valence-electron chi connectivity index (χ1n) is 4.04. The van der Waals surface area contributed by atoms with Crippen LogP contribution in [0.15, 0.2) is 16.2 Å². The van der Waals surface area contributed by atoms with Crippen LogP contribution in [0.2, 0.25) is 0 Å². The summed E-state index contributed by atoms with van der Waals surface area (Å²) in [4.78, 5) is 38.1. The summed E-state index contributed by atoms with van der Waals surface area (Å²) in [5, 5.41) is 3.95. The van der Waals surface area contributed by atoms with Crippen molar-refractivity contribution in [3.05, 3.63) is 21.8 Å². The van der Waals surface area contributed by atoms with Crippen LogP contribution < -0.4 is 10.9 Å². The molecule has 6 nitrogen and oxygen atoms in total. The lowest BCUT2D eigenvalue weighted by Gasteiger charge is -1.97. The van der Waals surface area contributed by atoms with E-state index in [1.807, 2.05) is 0 Å². The van der Waals surface area contributed by atoms with Crippen LogP contribution in [-0.2, 0) is 4.79 Å². The van der Waals surface area contributed by atoms with Gasteiger partial charge in [-0.05, 0) is 11.4 Å². The minimum atomic E-state index is -0.877. The number of thiophene rings is 1. The van der Waals surface area contributed by atoms with Crippen LogP contribution in [0.1, 0.15) is 4.79 Å². The van der Waals surface area contributed by atoms with E-state index in [9.17, 15) is 14.4 Å². The Labute approximate surface area is 86.2 Å². The summed E-state index contributed by atoms with van der Waals surface area (Å²) in [5.41, 5.74) is -0.000370. The van der Waals surface area contributed by atoms with E-state index >= 15 is 0 Å². The molecule has 0 fully saturated rings. The molecule has 0 bridgehead atoms. The normalized spacial score (nSPS) is 14.4. The molecule has 3 rings (SSSR count). The van der Waals surface area contributed by atoms with E-state index < -0.39 is 17.4 Å². The summed E-state index contributed by atoms with van der Waals surface area (Å²) in [5.74, 6) is -1.70. The van der Waals surface area contributed by atoms with Gasteiger partial charge in [-0.3, -0.25) is 19.7 Å². The average molecular weight is 221 g/mol.